The van der Waals surface area contributed by atoms with Crippen LogP contribution in [-0.4, -0.2) is 36.5 Å². The largest absolute Gasteiger partial charge is 0.416 e. The van der Waals surface area contributed by atoms with Gasteiger partial charge in [-0.05, 0) is 68.6 Å². The molecule has 11 heteroatoms. The molecule has 1 fully saturated rings. The van der Waals surface area contributed by atoms with Gasteiger partial charge in [-0.1, -0.05) is 42.4 Å². The van der Waals surface area contributed by atoms with E-state index in [1.54, 1.807) is 37.3 Å². The van der Waals surface area contributed by atoms with Gasteiger partial charge in [0.2, 0.25) is 6.29 Å². The lowest BCUT2D eigenvalue weighted by Gasteiger charge is -2.24. The van der Waals surface area contributed by atoms with Gasteiger partial charge in [-0.2, -0.15) is 13.2 Å². The Morgan fingerprint density at radius 2 is 1.88 bits per heavy atom. The first-order valence-corrected chi connectivity index (χ1v) is 12.7. The molecule has 2 aromatic carbocycles. The van der Waals surface area contributed by atoms with Crippen molar-refractivity contribution in [3.8, 4) is 12.3 Å². The second kappa shape index (κ2) is 13.9. The van der Waals surface area contributed by atoms with E-state index < -0.39 is 23.2 Å². The second-order valence-electron chi connectivity index (χ2n) is 9.24. The molecular weight excluding hydrogens is 539 g/mol. The lowest BCUT2D eigenvalue weighted by molar-refractivity contribution is -0.137. The summed E-state index contributed by atoms with van der Waals surface area (Å²) in [6, 6.07) is 10.7. The summed E-state index contributed by atoms with van der Waals surface area (Å²) in [6.45, 7) is 3.76. The van der Waals surface area contributed by atoms with Gasteiger partial charge >= 0.3 is 6.18 Å². The molecule has 7 nitrogen and oxygen atoms in total. The zero-order chi connectivity index (χ0) is 30.1. The molecule has 3 rings (SSSR count). The number of nitrogens with one attached hydrogen (secondary N) is 4. The molecule has 40 heavy (non-hydrogen) atoms. The molecule has 0 aliphatic heterocycles. The number of benzene rings is 2. The van der Waals surface area contributed by atoms with Gasteiger partial charge in [0.15, 0.2) is 0 Å². The smallest absolute Gasteiger partial charge is 0.402 e. The van der Waals surface area contributed by atoms with E-state index in [0.717, 1.165) is 12.1 Å². The lowest BCUT2D eigenvalue weighted by Crippen LogP contribution is -2.35. The number of amides is 1. The maximum atomic E-state index is 13.8. The number of hydrogen-bond donors (Lipinski definition) is 5. The number of carbonyl (C=O) groups is 2. The molecule has 1 aliphatic rings. The zero-order valence-electron chi connectivity index (χ0n) is 22.5. The lowest BCUT2D eigenvalue weighted by atomic mass is 9.92. The molecule has 0 spiro atoms. The summed E-state index contributed by atoms with van der Waals surface area (Å²) in [6.07, 6.45) is 1.52. The summed E-state index contributed by atoms with van der Waals surface area (Å²) in [4.78, 5) is 22.3. The van der Waals surface area contributed by atoms with Crippen LogP contribution in [0, 0.1) is 17.8 Å². The average Bonchev–Trinajstić information content (AvgIpc) is 3.67. The number of carbonyl (C=O) groups excluding carboxylic acids is 2. The van der Waals surface area contributed by atoms with E-state index in [0.29, 0.717) is 41.1 Å². The minimum absolute atomic E-state index is 0.0647. The molecule has 0 saturated heterocycles. The summed E-state index contributed by atoms with van der Waals surface area (Å²) in [5, 5.41) is 16.5. The van der Waals surface area contributed by atoms with Crippen molar-refractivity contribution < 1.29 is 22.8 Å². The molecule has 1 amide bonds. The van der Waals surface area contributed by atoms with Crippen LogP contribution in [-0.2, 0) is 27.8 Å². The Hall–Kier alpha value is -4.01. The fraction of sp³-hybridized carbons (Fsp3) is 0.310. The van der Waals surface area contributed by atoms with Crippen molar-refractivity contribution in [1.29, 1.82) is 5.41 Å². The third-order valence-corrected chi connectivity index (χ3v) is 6.40. The minimum atomic E-state index is -4.59. The molecule has 0 heterocycles. The normalized spacial score (nSPS) is 13.9. The van der Waals surface area contributed by atoms with Crippen molar-refractivity contribution in [1.82, 2.24) is 16.0 Å². The Morgan fingerprint density at radius 1 is 1.23 bits per heavy atom. The Balaban J connectivity index is 0.00000103. The van der Waals surface area contributed by atoms with Crippen LogP contribution in [0.25, 0.3) is 5.57 Å². The molecule has 1 aliphatic carbocycles. The predicted molar refractivity (Wildman–Crippen MR) is 154 cm³/mol. The van der Waals surface area contributed by atoms with Crippen molar-refractivity contribution in [3.05, 3.63) is 76.0 Å². The maximum absolute atomic E-state index is 13.8. The molecule has 212 valence electrons. The Labute approximate surface area is 237 Å². The van der Waals surface area contributed by atoms with E-state index >= 15 is 0 Å². The third kappa shape index (κ3) is 8.49. The van der Waals surface area contributed by atoms with Crippen LogP contribution < -0.4 is 21.7 Å². The van der Waals surface area contributed by atoms with Gasteiger partial charge in [0, 0.05) is 29.1 Å². The topological polar surface area (TPSA) is 120 Å². The molecule has 0 unspecified atom stereocenters. The quantitative estimate of drug-likeness (QED) is 0.102. The van der Waals surface area contributed by atoms with Gasteiger partial charge in [0.25, 0.3) is 5.91 Å². The van der Waals surface area contributed by atoms with Crippen LogP contribution in [0.4, 0.5) is 13.2 Å². The van der Waals surface area contributed by atoms with Gasteiger partial charge in [-0.15, -0.1) is 6.42 Å². The van der Waals surface area contributed by atoms with E-state index in [1.165, 1.54) is 6.92 Å². The number of allylic oxidation sites excluding steroid dienone is 2. The van der Waals surface area contributed by atoms with Crippen LogP contribution in [0.3, 0.4) is 0 Å². The molecule has 6 N–H and O–H groups in total. The Kier molecular flexibility index (Phi) is 11.2. The highest BCUT2D eigenvalue weighted by Crippen LogP contribution is 2.48. The van der Waals surface area contributed by atoms with Crippen molar-refractivity contribution in [3.63, 3.8) is 0 Å². The number of halogens is 3. The van der Waals surface area contributed by atoms with Gasteiger partial charge in [-0.3, -0.25) is 9.59 Å². The van der Waals surface area contributed by atoms with Crippen LogP contribution in [0.15, 0.2) is 48.2 Å². The number of alkyl halides is 3. The fourth-order valence-corrected chi connectivity index (χ4v) is 4.46. The zero-order valence-corrected chi connectivity index (χ0v) is 23.3. The van der Waals surface area contributed by atoms with Crippen molar-refractivity contribution in [2.24, 2.45) is 5.73 Å². The van der Waals surface area contributed by atoms with Crippen molar-refractivity contribution in [2.75, 3.05) is 13.6 Å². The minimum Gasteiger partial charge on any atom is -0.402 e. The monoisotopic (exact) mass is 571 g/mol. The van der Waals surface area contributed by atoms with E-state index in [-0.39, 0.29) is 35.4 Å². The molecule has 0 bridgehead atoms. The molecular formula is C29H32F3N5O2S. The highest BCUT2D eigenvalue weighted by atomic mass is 32.1. The fourth-order valence-electron chi connectivity index (χ4n) is 4.07. The average molecular weight is 572 g/mol. The molecule has 0 radical (unpaired) electrons. The molecule has 1 saturated carbocycles. The Morgan fingerprint density at radius 3 is 2.35 bits per heavy atom. The van der Waals surface area contributed by atoms with Gasteiger partial charge in [0.05, 0.1) is 17.6 Å². The third-order valence-electron chi connectivity index (χ3n) is 6.07. The summed E-state index contributed by atoms with van der Waals surface area (Å²) < 4.78 is 41.3. The van der Waals surface area contributed by atoms with Crippen LogP contribution >= 0.6 is 12.2 Å². The summed E-state index contributed by atoms with van der Waals surface area (Å²) in [5.41, 5.74) is 6.71. The van der Waals surface area contributed by atoms with E-state index in [9.17, 15) is 22.8 Å². The van der Waals surface area contributed by atoms with Gasteiger partial charge < -0.3 is 27.1 Å². The van der Waals surface area contributed by atoms with Gasteiger partial charge in [0.1, 0.15) is 4.99 Å². The molecule has 0 aromatic heterocycles. The number of hydrogen-bond acceptors (Lipinski definition) is 6. The number of rotatable bonds is 9. The summed E-state index contributed by atoms with van der Waals surface area (Å²) in [7, 11) is 1.82. The second-order valence-corrected chi connectivity index (χ2v) is 9.65. The number of aldehydes is 1. The van der Waals surface area contributed by atoms with Crippen LogP contribution in [0.2, 0.25) is 0 Å². The molecule has 2 aromatic rings. The standard InChI is InChI=1S/C25H25F3N4O2S.C4H7N/c1-14(29)22(15(2)30)17-9-18(11-19(10-17)25(26,27)28)24(7-8-24)32-23(35)20-6-4-3-5-16(20)12-31-21(34)13-33;1-3-4-5-2/h3-6,9-11,13,29H,7-8,12,30H2,1-2H3,(H,31,34)(H,32,35);1,5H,4H2,2H3/b22-15+,29-14?;. The SMILES string of the molecule is C#CCNC.CC(=N)/C(=C(/C)N)c1cc(C(F)(F)F)cc(C2(NC(=S)c3ccccc3CNC(=O)C=O)CC2)c1. The van der Waals surface area contributed by atoms with E-state index in [4.69, 9.17) is 29.8 Å². The van der Waals surface area contributed by atoms with Crippen molar-refractivity contribution in [2.45, 2.75) is 44.9 Å². The van der Waals surface area contributed by atoms with E-state index in [1.807, 2.05) is 7.05 Å². The number of terminal acetylenes is 1. The summed E-state index contributed by atoms with van der Waals surface area (Å²) in [5.74, 6) is 1.64. The first-order chi connectivity index (χ1) is 18.8. The Bertz CT molecular complexity index is 1350. The number of thiocarbonyl (C=S) groups is 1. The molecule has 0 atom stereocenters. The highest BCUT2D eigenvalue weighted by molar-refractivity contribution is 7.80. The van der Waals surface area contributed by atoms with Crippen LogP contribution in [0.1, 0.15) is 54.5 Å². The van der Waals surface area contributed by atoms with E-state index in [2.05, 4.69) is 21.9 Å². The summed E-state index contributed by atoms with van der Waals surface area (Å²) >= 11 is 5.60. The first kappa shape index (κ1) is 32.2. The first-order valence-electron chi connectivity index (χ1n) is 12.3. The van der Waals surface area contributed by atoms with Crippen LogP contribution in [0.5, 0.6) is 0 Å². The maximum Gasteiger partial charge on any atom is 0.416 e. The highest BCUT2D eigenvalue weighted by Gasteiger charge is 2.46. The van der Waals surface area contributed by atoms with Crippen molar-refractivity contribution >= 4 is 40.7 Å². The predicted octanol–water partition coefficient (Wildman–Crippen LogP) is 4.04. The van der Waals surface area contributed by atoms with Gasteiger partial charge in [-0.25, -0.2) is 0 Å². The number of nitrogens with two attached hydrogens (primary N) is 1.